The first-order chi connectivity index (χ1) is 16.2. The zero-order valence-electron chi connectivity index (χ0n) is 20.3. The summed E-state index contributed by atoms with van der Waals surface area (Å²) < 4.78 is 13.5. The van der Waals surface area contributed by atoms with Gasteiger partial charge in [0, 0.05) is 23.0 Å². The molecule has 1 aliphatic rings. The van der Waals surface area contributed by atoms with Crippen LogP contribution in [-0.2, 0) is 13.1 Å². The molecular weight excluding hydrogens is 434 g/mol. The number of ether oxygens (including phenoxy) is 1. The van der Waals surface area contributed by atoms with Crippen LogP contribution in [0.25, 0.3) is 22.1 Å². The second-order valence-corrected chi connectivity index (χ2v) is 10.0. The Morgan fingerprint density at radius 2 is 2.06 bits per heavy atom. The second kappa shape index (κ2) is 9.52. The van der Waals surface area contributed by atoms with Gasteiger partial charge in [-0.15, -0.1) is 0 Å². The van der Waals surface area contributed by atoms with E-state index in [-0.39, 0.29) is 12.1 Å². The van der Waals surface area contributed by atoms with Crippen molar-refractivity contribution in [3.8, 4) is 17.1 Å². The molecule has 4 rings (SSSR count). The van der Waals surface area contributed by atoms with Gasteiger partial charge in [-0.3, -0.25) is 9.69 Å². The monoisotopic (exact) mass is 467 g/mol. The number of fused-ring (bicyclic) bond motifs is 1. The van der Waals surface area contributed by atoms with Gasteiger partial charge in [0.05, 0.1) is 30.4 Å². The highest BCUT2D eigenvalue weighted by Crippen LogP contribution is 2.36. The van der Waals surface area contributed by atoms with Crippen LogP contribution in [0.2, 0.25) is 0 Å². The molecule has 0 bridgehead atoms. The van der Waals surface area contributed by atoms with E-state index in [9.17, 15) is 14.7 Å². The molecule has 8 nitrogen and oxygen atoms in total. The highest BCUT2D eigenvalue weighted by molar-refractivity contribution is 5.92. The Bertz CT molecular complexity index is 1220. The third kappa shape index (κ3) is 4.95. The van der Waals surface area contributed by atoms with Crippen LogP contribution in [0.1, 0.15) is 59.1 Å². The van der Waals surface area contributed by atoms with E-state index in [2.05, 4.69) is 11.9 Å². The number of nitrogens with zero attached hydrogens (tertiary/aromatic N) is 3. The maximum atomic E-state index is 13.7. The number of carbonyl (C=O) groups is 1. The predicted octanol–water partition coefficient (Wildman–Crippen LogP) is 5.52. The van der Waals surface area contributed by atoms with E-state index in [0.29, 0.717) is 47.0 Å². The van der Waals surface area contributed by atoms with Crippen LogP contribution in [0.5, 0.6) is 5.75 Å². The number of aromatic nitrogens is 2. The van der Waals surface area contributed by atoms with E-state index >= 15 is 0 Å². The van der Waals surface area contributed by atoms with Crippen LogP contribution in [-0.4, -0.2) is 37.8 Å². The molecule has 1 saturated carbocycles. The molecule has 0 atom stereocenters. The largest absolute Gasteiger partial charge is 0.491 e. The molecular formula is C26H33N3O5. The van der Waals surface area contributed by atoms with Gasteiger partial charge in [0.2, 0.25) is 0 Å². The molecule has 1 aromatic carbocycles. The molecule has 182 valence electrons. The lowest BCUT2D eigenvalue weighted by Gasteiger charge is -2.34. The van der Waals surface area contributed by atoms with Crippen LogP contribution < -0.4 is 10.3 Å². The molecule has 1 fully saturated rings. The molecule has 0 aliphatic heterocycles. The van der Waals surface area contributed by atoms with E-state index in [1.807, 2.05) is 32.9 Å². The minimum atomic E-state index is -1.03. The number of pyridine rings is 1. The van der Waals surface area contributed by atoms with Crippen molar-refractivity contribution in [1.82, 2.24) is 14.5 Å². The molecule has 0 spiro atoms. The Kier molecular flexibility index (Phi) is 6.68. The second-order valence-electron chi connectivity index (χ2n) is 10.0. The van der Waals surface area contributed by atoms with E-state index in [1.54, 1.807) is 16.8 Å². The van der Waals surface area contributed by atoms with Gasteiger partial charge in [0.25, 0.3) is 5.56 Å². The molecule has 0 radical (unpaired) electrons. The van der Waals surface area contributed by atoms with Gasteiger partial charge in [-0.05, 0) is 58.1 Å². The van der Waals surface area contributed by atoms with Crippen LogP contribution in [0, 0.1) is 5.92 Å². The molecule has 1 aliphatic carbocycles. The molecule has 1 N–H and O–H groups in total. The fourth-order valence-corrected chi connectivity index (χ4v) is 4.11. The fourth-order valence-electron chi connectivity index (χ4n) is 4.11. The van der Waals surface area contributed by atoms with Crippen molar-refractivity contribution in [3.63, 3.8) is 0 Å². The zero-order chi connectivity index (χ0) is 24.5. The van der Waals surface area contributed by atoms with Crippen molar-refractivity contribution in [1.29, 1.82) is 0 Å². The first kappa shape index (κ1) is 23.9. The van der Waals surface area contributed by atoms with Crippen LogP contribution in [0.4, 0.5) is 4.79 Å². The Morgan fingerprint density at radius 3 is 2.65 bits per heavy atom. The van der Waals surface area contributed by atoms with E-state index < -0.39 is 11.6 Å². The lowest BCUT2D eigenvalue weighted by molar-refractivity contribution is 0.0928. The molecule has 8 heteroatoms. The van der Waals surface area contributed by atoms with Crippen LogP contribution >= 0.6 is 0 Å². The highest BCUT2D eigenvalue weighted by atomic mass is 16.5. The summed E-state index contributed by atoms with van der Waals surface area (Å²) in [6.45, 7) is 8.75. The number of oxazole rings is 1. The molecule has 2 heterocycles. The predicted molar refractivity (Wildman–Crippen MR) is 130 cm³/mol. The van der Waals surface area contributed by atoms with E-state index in [1.165, 1.54) is 11.3 Å². The topological polar surface area (TPSA) is 97.8 Å². The van der Waals surface area contributed by atoms with Gasteiger partial charge >= 0.3 is 6.09 Å². The zero-order valence-corrected chi connectivity index (χ0v) is 20.3. The van der Waals surface area contributed by atoms with Gasteiger partial charge in [-0.1, -0.05) is 19.4 Å². The van der Waals surface area contributed by atoms with Crippen molar-refractivity contribution >= 4 is 16.9 Å². The van der Waals surface area contributed by atoms with E-state index in [4.69, 9.17) is 9.15 Å². The lowest BCUT2D eigenvalue weighted by Crippen LogP contribution is -2.45. The number of hydrogen-bond acceptors (Lipinski definition) is 5. The summed E-state index contributed by atoms with van der Waals surface area (Å²) in [6.07, 6.45) is 5.91. The summed E-state index contributed by atoms with van der Waals surface area (Å²) in [6, 6.07) is 5.53. The normalized spacial score (nSPS) is 13.9. The maximum Gasteiger partial charge on any atom is 0.408 e. The lowest BCUT2D eigenvalue weighted by atomic mass is 10.0. The number of hydrogen-bond donors (Lipinski definition) is 1. The van der Waals surface area contributed by atoms with Gasteiger partial charge in [-0.2, -0.15) is 0 Å². The first-order valence-electron chi connectivity index (χ1n) is 11.9. The Labute approximate surface area is 199 Å². The summed E-state index contributed by atoms with van der Waals surface area (Å²) in [5, 5.41) is 11.2. The summed E-state index contributed by atoms with van der Waals surface area (Å²) in [7, 11) is 0. The fraction of sp³-hybridized carbons (Fsp3) is 0.500. The first-order valence-corrected chi connectivity index (χ1v) is 11.9. The summed E-state index contributed by atoms with van der Waals surface area (Å²) in [4.78, 5) is 31.3. The smallest absolute Gasteiger partial charge is 0.408 e. The number of benzene rings is 1. The SMILES string of the molecule is CCCCOc1c(CN(C(=O)O)C(C)(C)C)n(CC2CC2)c(=O)c2ccc(-c3cnco3)cc12. The maximum absolute atomic E-state index is 13.7. The Balaban J connectivity index is 1.96. The third-order valence-corrected chi connectivity index (χ3v) is 6.28. The number of unbranched alkanes of at least 4 members (excludes halogenated alkanes) is 1. The summed E-state index contributed by atoms with van der Waals surface area (Å²) in [5.41, 5.74) is 0.612. The third-order valence-electron chi connectivity index (χ3n) is 6.28. The summed E-state index contributed by atoms with van der Waals surface area (Å²) >= 11 is 0. The quantitative estimate of drug-likeness (QED) is 0.416. The van der Waals surface area contributed by atoms with Crippen molar-refractivity contribution < 1.29 is 19.1 Å². The molecule has 2 aromatic heterocycles. The van der Waals surface area contributed by atoms with E-state index in [0.717, 1.165) is 31.2 Å². The Hall–Kier alpha value is -3.29. The van der Waals surface area contributed by atoms with Crippen molar-refractivity contribution in [2.75, 3.05) is 6.61 Å². The van der Waals surface area contributed by atoms with Crippen LogP contribution in [0.15, 0.2) is 40.0 Å². The Morgan fingerprint density at radius 1 is 1.29 bits per heavy atom. The average Bonchev–Trinajstić information content (AvgIpc) is 3.43. The van der Waals surface area contributed by atoms with Crippen molar-refractivity contribution in [2.45, 2.75) is 72.0 Å². The van der Waals surface area contributed by atoms with Crippen molar-refractivity contribution in [2.24, 2.45) is 5.92 Å². The minimum Gasteiger partial charge on any atom is -0.491 e. The van der Waals surface area contributed by atoms with Gasteiger partial charge in [-0.25, -0.2) is 9.78 Å². The molecule has 0 unspecified atom stereocenters. The van der Waals surface area contributed by atoms with Crippen LogP contribution in [0.3, 0.4) is 0 Å². The standard InChI is InChI=1S/C26H33N3O5/c1-5-6-11-33-23-20-12-18(22-13-27-16-34-22)9-10-19(20)24(30)28(14-17-7-8-17)21(23)15-29(25(31)32)26(2,3)4/h9-10,12-13,16-17H,5-8,11,14-15H2,1-4H3,(H,31,32). The summed E-state index contributed by atoms with van der Waals surface area (Å²) in [5.74, 6) is 1.59. The molecule has 34 heavy (non-hydrogen) atoms. The number of amides is 1. The number of carboxylic acid groups (broad SMARTS) is 1. The van der Waals surface area contributed by atoms with Crippen molar-refractivity contribution in [3.05, 3.63) is 46.8 Å². The molecule has 0 saturated heterocycles. The van der Waals surface area contributed by atoms with Gasteiger partial charge in [0.1, 0.15) is 5.75 Å². The molecule has 3 aromatic rings. The molecule has 1 amide bonds. The average molecular weight is 468 g/mol. The van der Waals surface area contributed by atoms with Gasteiger partial charge in [0.15, 0.2) is 12.2 Å². The number of rotatable bonds is 9. The van der Waals surface area contributed by atoms with Gasteiger partial charge < -0.3 is 18.8 Å². The minimum absolute atomic E-state index is 0.0602. The highest BCUT2D eigenvalue weighted by Gasteiger charge is 2.32.